The molecule has 1 aromatic heterocycles. The molecule has 0 saturated carbocycles. The summed E-state index contributed by atoms with van der Waals surface area (Å²) in [5.74, 6) is 1.15. The van der Waals surface area contributed by atoms with Crippen molar-refractivity contribution in [1.82, 2.24) is 10.1 Å². The van der Waals surface area contributed by atoms with E-state index in [1.807, 2.05) is 0 Å². The number of hydrogen-bond donors (Lipinski definition) is 0. The SMILES string of the molecule is COC(c1noc(CCCC#N)n1)C(C)(C)C. The van der Waals surface area contributed by atoms with Crippen LogP contribution in [-0.2, 0) is 11.2 Å². The second-order valence-electron chi connectivity index (χ2n) is 5.04. The minimum Gasteiger partial charge on any atom is -0.373 e. The fourth-order valence-electron chi connectivity index (χ4n) is 1.64. The number of nitrogens with zero attached hydrogens (tertiary/aromatic N) is 3. The molecule has 5 heteroatoms. The van der Waals surface area contributed by atoms with Crippen molar-refractivity contribution in [3.63, 3.8) is 0 Å². The molecule has 0 aromatic carbocycles. The zero-order valence-corrected chi connectivity index (χ0v) is 10.9. The third-order valence-corrected chi connectivity index (χ3v) is 2.42. The van der Waals surface area contributed by atoms with Gasteiger partial charge in [0.25, 0.3) is 0 Å². The van der Waals surface area contributed by atoms with Crippen LogP contribution >= 0.6 is 0 Å². The largest absolute Gasteiger partial charge is 0.373 e. The summed E-state index contributed by atoms with van der Waals surface area (Å²) in [5, 5.41) is 12.4. The Kier molecular flexibility index (Phi) is 4.64. The van der Waals surface area contributed by atoms with E-state index in [2.05, 4.69) is 37.0 Å². The molecule has 0 aliphatic rings. The van der Waals surface area contributed by atoms with Crippen molar-refractivity contribution in [3.05, 3.63) is 11.7 Å². The van der Waals surface area contributed by atoms with Gasteiger partial charge in [0.05, 0.1) is 6.07 Å². The summed E-state index contributed by atoms with van der Waals surface area (Å²) in [6.45, 7) is 6.19. The van der Waals surface area contributed by atoms with E-state index in [-0.39, 0.29) is 11.5 Å². The smallest absolute Gasteiger partial charge is 0.226 e. The summed E-state index contributed by atoms with van der Waals surface area (Å²) in [6.07, 6.45) is 1.70. The van der Waals surface area contributed by atoms with Crippen LogP contribution in [0, 0.1) is 16.7 Å². The number of hydrogen-bond acceptors (Lipinski definition) is 5. The van der Waals surface area contributed by atoms with Gasteiger partial charge in [0.1, 0.15) is 6.10 Å². The van der Waals surface area contributed by atoms with Crippen molar-refractivity contribution in [2.75, 3.05) is 7.11 Å². The van der Waals surface area contributed by atoms with E-state index in [1.165, 1.54) is 0 Å². The lowest BCUT2D eigenvalue weighted by atomic mass is 9.88. The predicted octanol–water partition coefficient (Wildman–Crippen LogP) is 2.65. The number of rotatable bonds is 5. The lowest BCUT2D eigenvalue weighted by Crippen LogP contribution is -2.21. The molecule has 1 unspecified atom stereocenters. The van der Waals surface area contributed by atoms with E-state index in [9.17, 15) is 0 Å². The second kappa shape index (κ2) is 5.78. The number of ether oxygens (including phenoxy) is 1. The Morgan fingerprint density at radius 1 is 1.47 bits per heavy atom. The summed E-state index contributed by atoms with van der Waals surface area (Å²) < 4.78 is 10.5. The molecule has 1 heterocycles. The molecule has 1 aromatic rings. The Balaban J connectivity index is 2.69. The summed E-state index contributed by atoms with van der Waals surface area (Å²) in [5.41, 5.74) is -0.0808. The number of unbranched alkanes of at least 4 members (excludes halogenated alkanes) is 1. The van der Waals surface area contributed by atoms with Gasteiger partial charge in [-0.05, 0) is 11.8 Å². The monoisotopic (exact) mass is 237 g/mol. The molecule has 0 aliphatic heterocycles. The van der Waals surface area contributed by atoms with Gasteiger partial charge in [-0.2, -0.15) is 10.2 Å². The van der Waals surface area contributed by atoms with Gasteiger partial charge in [0.2, 0.25) is 11.7 Å². The van der Waals surface area contributed by atoms with Gasteiger partial charge in [-0.25, -0.2) is 0 Å². The van der Waals surface area contributed by atoms with Crippen LogP contribution in [0.15, 0.2) is 4.52 Å². The zero-order chi connectivity index (χ0) is 12.9. The molecule has 0 radical (unpaired) electrons. The van der Waals surface area contributed by atoms with Crippen LogP contribution in [0.25, 0.3) is 0 Å². The Hall–Kier alpha value is -1.41. The first-order valence-electron chi connectivity index (χ1n) is 5.71. The molecule has 17 heavy (non-hydrogen) atoms. The van der Waals surface area contributed by atoms with E-state index in [0.717, 1.165) is 6.42 Å². The van der Waals surface area contributed by atoms with Gasteiger partial charge in [-0.3, -0.25) is 0 Å². The van der Waals surface area contributed by atoms with E-state index in [0.29, 0.717) is 24.6 Å². The summed E-state index contributed by atoms with van der Waals surface area (Å²) in [7, 11) is 1.64. The second-order valence-corrected chi connectivity index (χ2v) is 5.04. The number of methoxy groups -OCH3 is 1. The van der Waals surface area contributed by atoms with Gasteiger partial charge < -0.3 is 9.26 Å². The van der Waals surface area contributed by atoms with Gasteiger partial charge in [0, 0.05) is 20.0 Å². The highest BCUT2D eigenvalue weighted by molar-refractivity contribution is 4.96. The number of aromatic nitrogens is 2. The number of aryl methyl sites for hydroxylation is 1. The standard InChI is InChI=1S/C12H19N3O2/c1-12(2,3)10(16-4)11-14-9(17-15-11)7-5-6-8-13/h10H,5-7H2,1-4H3. The van der Waals surface area contributed by atoms with E-state index in [1.54, 1.807) is 7.11 Å². The minimum atomic E-state index is -0.184. The topological polar surface area (TPSA) is 71.9 Å². The predicted molar refractivity (Wildman–Crippen MR) is 62.1 cm³/mol. The summed E-state index contributed by atoms with van der Waals surface area (Å²) in [6, 6.07) is 2.09. The van der Waals surface area contributed by atoms with Crippen LogP contribution in [0.4, 0.5) is 0 Å². The minimum absolute atomic E-state index is 0.0808. The summed E-state index contributed by atoms with van der Waals surface area (Å²) >= 11 is 0. The van der Waals surface area contributed by atoms with Crippen LogP contribution in [0.5, 0.6) is 0 Å². The molecule has 1 atom stereocenters. The summed E-state index contributed by atoms with van der Waals surface area (Å²) in [4.78, 5) is 4.31. The Labute approximate surface area is 102 Å². The normalized spacial score (nSPS) is 13.4. The maximum Gasteiger partial charge on any atom is 0.226 e. The maximum absolute atomic E-state index is 8.45. The Morgan fingerprint density at radius 2 is 2.18 bits per heavy atom. The fourth-order valence-corrected chi connectivity index (χ4v) is 1.64. The first-order valence-corrected chi connectivity index (χ1v) is 5.71. The van der Waals surface area contributed by atoms with Crippen molar-refractivity contribution >= 4 is 0 Å². The average Bonchev–Trinajstić information content (AvgIpc) is 2.66. The molecule has 0 bridgehead atoms. The highest BCUT2D eigenvalue weighted by Gasteiger charge is 2.30. The molecule has 0 aliphatic carbocycles. The van der Waals surface area contributed by atoms with Gasteiger partial charge in [0.15, 0.2) is 0 Å². The fraction of sp³-hybridized carbons (Fsp3) is 0.750. The highest BCUT2D eigenvalue weighted by atomic mass is 16.5. The molecule has 5 nitrogen and oxygen atoms in total. The van der Waals surface area contributed by atoms with Crippen LogP contribution < -0.4 is 0 Å². The lowest BCUT2D eigenvalue weighted by Gasteiger charge is -2.26. The maximum atomic E-state index is 8.45. The van der Waals surface area contributed by atoms with Crippen LogP contribution in [0.1, 0.15) is 51.4 Å². The molecule has 0 saturated heterocycles. The van der Waals surface area contributed by atoms with Crippen molar-refractivity contribution in [2.24, 2.45) is 5.41 Å². The molecule has 94 valence electrons. The van der Waals surface area contributed by atoms with E-state index < -0.39 is 0 Å². The molecule has 0 spiro atoms. The van der Waals surface area contributed by atoms with Crippen molar-refractivity contribution in [2.45, 2.75) is 46.1 Å². The van der Waals surface area contributed by atoms with Crippen LogP contribution in [-0.4, -0.2) is 17.3 Å². The number of nitriles is 1. The molecular weight excluding hydrogens is 218 g/mol. The first-order chi connectivity index (χ1) is 7.99. The Bertz CT molecular complexity index is 387. The molecule has 0 amide bonds. The molecule has 1 rings (SSSR count). The first kappa shape index (κ1) is 13.7. The van der Waals surface area contributed by atoms with E-state index >= 15 is 0 Å². The third-order valence-electron chi connectivity index (χ3n) is 2.42. The van der Waals surface area contributed by atoms with Crippen molar-refractivity contribution < 1.29 is 9.26 Å². The van der Waals surface area contributed by atoms with Gasteiger partial charge in [-0.1, -0.05) is 25.9 Å². The van der Waals surface area contributed by atoms with Gasteiger partial charge >= 0.3 is 0 Å². The lowest BCUT2D eigenvalue weighted by molar-refractivity contribution is 0.00718. The van der Waals surface area contributed by atoms with Crippen molar-refractivity contribution in [3.8, 4) is 6.07 Å². The molecule has 0 N–H and O–H groups in total. The van der Waals surface area contributed by atoms with Crippen molar-refractivity contribution in [1.29, 1.82) is 5.26 Å². The molecule has 0 fully saturated rings. The average molecular weight is 237 g/mol. The van der Waals surface area contributed by atoms with Crippen LogP contribution in [0.3, 0.4) is 0 Å². The Morgan fingerprint density at radius 3 is 2.71 bits per heavy atom. The molecular formula is C12H19N3O2. The third kappa shape index (κ3) is 3.82. The van der Waals surface area contributed by atoms with Crippen LogP contribution in [0.2, 0.25) is 0 Å². The van der Waals surface area contributed by atoms with E-state index in [4.69, 9.17) is 14.5 Å². The van der Waals surface area contributed by atoms with Gasteiger partial charge in [-0.15, -0.1) is 0 Å². The quantitative estimate of drug-likeness (QED) is 0.736. The highest BCUT2D eigenvalue weighted by Crippen LogP contribution is 2.33. The zero-order valence-electron chi connectivity index (χ0n) is 10.9.